The van der Waals surface area contributed by atoms with Crippen molar-refractivity contribution in [1.82, 2.24) is 0 Å². The number of nitrogens with zero attached hydrogens (tertiary/aromatic N) is 1. The van der Waals surface area contributed by atoms with Crippen molar-refractivity contribution in [2.45, 2.75) is 18.7 Å². The average Bonchev–Trinajstić information content (AvgIpc) is 2.70. The number of hydrogen-bond acceptors (Lipinski definition) is 3. The molecule has 0 aromatic heterocycles. The number of amides is 1. The van der Waals surface area contributed by atoms with Crippen molar-refractivity contribution in [3.63, 3.8) is 0 Å². The molecule has 0 atom stereocenters. The molecule has 0 aliphatic rings. The summed E-state index contributed by atoms with van der Waals surface area (Å²) in [7, 11) is -2.77. The number of anilines is 2. The first-order valence-electron chi connectivity index (χ1n) is 8.92. The monoisotopic (exact) mass is 412 g/mol. The van der Waals surface area contributed by atoms with Gasteiger partial charge in [0.1, 0.15) is 5.82 Å². The third kappa shape index (κ3) is 4.30. The topological polar surface area (TPSA) is 66.5 Å². The highest BCUT2D eigenvalue weighted by molar-refractivity contribution is 7.92. The Labute approximate surface area is 169 Å². The number of hydrogen-bond donors (Lipinski definition) is 1. The number of carbonyl (C=O) groups excluding carboxylic acids is 1. The van der Waals surface area contributed by atoms with Gasteiger partial charge in [-0.05, 0) is 61.4 Å². The molecule has 0 radical (unpaired) electrons. The minimum atomic E-state index is -4.04. The Morgan fingerprint density at radius 1 is 0.966 bits per heavy atom. The second-order valence-corrected chi connectivity index (χ2v) is 8.69. The lowest BCUT2D eigenvalue weighted by Gasteiger charge is -2.20. The van der Waals surface area contributed by atoms with Crippen LogP contribution in [0.3, 0.4) is 0 Å². The van der Waals surface area contributed by atoms with Crippen LogP contribution in [0.1, 0.15) is 21.5 Å². The lowest BCUT2D eigenvalue weighted by Crippen LogP contribution is -2.27. The highest BCUT2D eigenvalue weighted by Crippen LogP contribution is 2.25. The van der Waals surface area contributed by atoms with Crippen molar-refractivity contribution in [2.75, 3.05) is 16.7 Å². The quantitative estimate of drug-likeness (QED) is 0.670. The summed E-state index contributed by atoms with van der Waals surface area (Å²) in [6.45, 7) is 3.79. The van der Waals surface area contributed by atoms with Crippen molar-refractivity contribution in [3.8, 4) is 0 Å². The van der Waals surface area contributed by atoms with Crippen molar-refractivity contribution < 1.29 is 17.6 Å². The van der Waals surface area contributed by atoms with Gasteiger partial charge in [0, 0.05) is 18.3 Å². The molecule has 3 aromatic rings. The number of halogens is 1. The van der Waals surface area contributed by atoms with Gasteiger partial charge in [-0.3, -0.25) is 9.10 Å². The molecule has 0 aliphatic carbocycles. The number of carbonyl (C=O) groups is 1. The van der Waals surface area contributed by atoms with E-state index in [-0.39, 0.29) is 16.1 Å². The van der Waals surface area contributed by atoms with Gasteiger partial charge in [-0.15, -0.1) is 0 Å². The fraction of sp³-hybridized carbons (Fsp3) is 0.136. The Kier molecular flexibility index (Phi) is 5.70. The predicted octanol–water partition coefficient (Wildman–Crippen LogP) is 4.52. The molecule has 0 heterocycles. The van der Waals surface area contributed by atoms with Crippen molar-refractivity contribution in [3.05, 3.63) is 89.2 Å². The number of sulfonamides is 1. The molecule has 0 fully saturated rings. The first-order valence-corrected chi connectivity index (χ1v) is 10.4. The molecule has 0 saturated heterocycles. The van der Waals surface area contributed by atoms with E-state index in [1.807, 2.05) is 32.0 Å². The molecular formula is C22H21FN2O3S. The van der Waals surface area contributed by atoms with Gasteiger partial charge >= 0.3 is 0 Å². The van der Waals surface area contributed by atoms with Crippen LogP contribution in [0.25, 0.3) is 0 Å². The summed E-state index contributed by atoms with van der Waals surface area (Å²) in [5.41, 5.74) is 2.67. The van der Waals surface area contributed by atoms with Crippen LogP contribution in [0.5, 0.6) is 0 Å². The van der Waals surface area contributed by atoms with Crippen LogP contribution in [0.15, 0.2) is 71.6 Å². The third-order valence-electron chi connectivity index (χ3n) is 4.59. The molecule has 29 heavy (non-hydrogen) atoms. The van der Waals surface area contributed by atoms with Gasteiger partial charge in [0.15, 0.2) is 0 Å². The minimum absolute atomic E-state index is 0.0715. The Hall–Kier alpha value is -3.19. The number of benzene rings is 3. The van der Waals surface area contributed by atoms with E-state index in [2.05, 4.69) is 5.32 Å². The molecule has 1 amide bonds. The zero-order valence-electron chi connectivity index (χ0n) is 16.3. The summed E-state index contributed by atoms with van der Waals surface area (Å²) in [6, 6.07) is 17.0. The normalized spacial score (nSPS) is 11.2. The van der Waals surface area contributed by atoms with E-state index >= 15 is 0 Å². The molecule has 3 rings (SSSR count). The second kappa shape index (κ2) is 8.05. The van der Waals surface area contributed by atoms with Crippen LogP contribution >= 0.6 is 0 Å². The standard InChI is InChI=1S/C22H21FN2O3S/c1-15-11-12-16(2)20(13-15)24-22(26)17-7-6-8-18(14-17)29(27,28)25(3)21-10-5-4-9-19(21)23/h4-14H,1-3H3,(H,24,26). The summed E-state index contributed by atoms with van der Waals surface area (Å²) >= 11 is 0. The maximum atomic E-state index is 14.0. The summed E-state index contributed by atoms with van der Waals surface area (Å²) in [5.74, 6) is -1.08. The van der Waals surface area contributed by atoms with Crippen molar-refractivity contribution >= 4 is 27.3 Å². The van der Waals surface area contributed by atoms with Crippen LogP contribution in [0.2, 0.25) is 0 Å². The third-order valence-corrected chi connectivity index (χ3v) is 6.36. The van der Waals surface area contributed by atoms with Gasteiger partial charge < -0.3 is 5.32 Å². The summed E-state index contributed by atoms with van der Waals surface area (Å²) in [5, 5.41) is 2.81. The number of para-hydroxylation sites is 1. The first-order chi connectivity index (χ1) is 13.7. The van der Waals surface area contributed by atoms with E-state index in [4.69, 9.17) is 0 Å². The van der Waals surface area contributed by atoms with E-state index in [1.54, 1.807) is 6.07 Å². The summed E-state index contributed by atoms with van der Waals surface area (Å²) in [4.78, 5) is 12.6. The van der Waals surface area contributed by atoms with Gasteiger partial charge in [-0.1, -0.05) is 30.3 Å². The fourth-order valence-electron chi connectivity index (χ4n) is 2.86. The van der Waals surface area contributed by atoms with Gasteiger partial charge in [0.25, 0.3) is 15.9 Å². The molecule has 0 aliphatic heterocycles. The van der Waals surface area contributed by atoms with Crippen LogP contribution in [-0.4, -0.2) is 21.4 Å². The highest BCUT2D eigenvalue weighted by Gasteiger charge is 2.24. The van der Waals surface area contributed by atoms with Gasteiger partial charge in [0.2, 0.25) is 0 Å². The SMILES string of the molecule is Cc1ccc(C)c(NC(=O)c2cccc(S(=O)(=O)N(C)c3ccccc3F)c2)c1. The molecule has 0 bridgehead atoms. The largest absolute Gasteiger partial charge is 0.322 e. The van der Waals surface area contributed by atoms with Gasteiger partial charge in [-0.2, -0.15) is 0 Å². The molecule has 5 nitrogen and oxygen atoms in total. The number of aryl methyl sites for hydroxylation is 2. The average molecular weight is 412 g/mol. The summed E-state index contributed by atoms with van der Waals surface area (Å²) < 4.78 is 40.8. The molecule has 3 aromatic carbocycles. The van der Waals surface area contributed by atoms with Gasteiger partial charge in [-0.25, -0.2) is 12.8 Å². The number of nitrogens with one attached hydrogen (secondary N) is 1. The van der Waals surface area contributed by atoms with E-state index in [0.717, 1.165) is 15.4 Å². The molecule has 150 valence electrons. The smallest absolute Gasteiger partial charge is 0.264 e. The Morgan fingerprint density at radius 2 is 1.69 bits per heavy atom. The zero-order chi connectivity index (χ0) is 21.2. The molecule has 0 saturated carbocycles. The Morgan fingerprint density at radius 3 is 2.41 bits per heavy atom. The molecular weight excluding hydrogens is 391 g/mol. The lowest BCUT2D eigenvalue weighted by atomic mass is 10.1. The van der Waals surface area contributed by atoms with E-state index in [9.17, 15) is 17.6 Å². The minimum Gasteiger partial charge on any atom is -0.322 e. The van der Waals surface area contributed by atoms with Crippen LogP contribution < -0.4 is 9.62 Å². The van der Waals surface area contributed by atoms with E-state index in [1.165, 1.54) is 49.5 Å². The number of rotatable bonds is 5. The maximum Gasteiger partial charge on any atom is 0.264 e. The lowest BCUT2D eigenvalue weighted by molar-refractivity contribution is 0.102. The predicted molar refractivity (Wildman–Crippen MR) is 112 cm³/mol. The molecule has 7 heteroatoms. The van der Waals surface area contributed by atoms with Crippen LogP contribution in [0, 0.1) is 19.7 Å². The Bertz CT molecular complexity index is 1180. The van der Waals surface area contributed by atoms with E-state index < -0.39 is 21.7 Å². The molecule has 0 spiro atoms. The summed E-state index contributed by atoms with van der Waals surface area (Å²) in [6.07, 6.45) is 0. The molecule has 0 unspecified atom stereocenters. The van der Waals surface area contributed by atoms with Crippen molar-refractivity contribution in [2.24, 2.45) is 0 Å². The highest BCUT2D eigenvalue weighted by atomic mass is 32.2. The maximum absolute atomic E-state index is 14.0. The van der Waals surface area contributed by atoms with Crippen LogP contribution in [-0.2, 0) is 10.0 Å². The van der Waals surface area contributed by atoms with Crippen LogP contribution in [0.4, 0.5) is 15.8 Å². The van der Waals surface area contributed by atoms with E-state index in [0.29, 0.717) is 5.69 Å². The zero-order valence-corrected chi connectivity index (χ0v) is 17.1. The van der Waals surface area contributed by atoms with Crippen molar-refractivity contribution in [1.29, 1.82) is 0 Å². The second-order valence-electron chi connectivity index (χ2n) is 6.72. The molecule has 1 N–H and O–H groups in total. The Balaban J connectivity index is 1.91. The van der Waals surface area contributed by atoms with Gasteiger partial charge in [0.05, 0.1) is 10.6 Å². The first kappa shape index (κ1) is 20.5. The fourth-order valence-corrected chi connectivity index (χ4v) is 4.11.